The lowest BCUT2D eigenvalue weighted by molar-refractivity contribution is -0.255. The lowest BCUT2D eigenvalue weighted by Gasteiger charge is -2.08. The monoisotopic (exact) mass is 406 g/mol. The first-order valence-corrected chi connectivity index (χ1v) is 9.35. The Hall–Kier alpha value is -3.65. The molecule has 1 amide bonds. The normalized spacial score (nSPS) is 16.4. The zero-order valence-electron chi connectivity index (χ0n) is 14.8. The Morgan fingerprint density at radius 3 is 2.52 bits per heavy atom. The molecule has 8 heteroatoms. The number of aliphatic imine (C=N–C) groups is 1. The number of nitrogens with zero attached hydrogens (tertiary/aromatic N) is 2. The van der Waals surface area contributed by atoms with Gasteiger partial charge in [-0.3, -0.25) is 4.79 Å². The average molecular weight is 406 g/mol. The summed E-state index contributed by atoms with van der Waals surface area (Å²) in [7, 11) is 0. The van der Waals surface area contributed by atoms with Crippen LogP contribution in [-0.4, -0.2) is 21.6 Å². The highest BCUT2D eigenvalue weighted by atomic mass is 32.2. The lowest BCUT2D eigenvalue weighted by atomic mass is 10.2. The van der Waals surface area contributed by atoms with E-state index in [1.165, 1.54) is 48.2 Å². The van der Waals surface area contributed by atoms with Gasteiger partial charge in [0.25, 0.3) is 5.91 Å². The molecule has 1 fully saturated rings. The molecule has 4 rings (SSSR count). The highest BCUT2D eigenvalue weighted by molar-refractivity contribution is 8.18. The van der Waals surface area contributed by atoms with Crippen molar-refractivity contribution in [3.8, 4) is 5.69 Å². The van der Waals surface area contributed by atoms with Gasteiger partial charge in [0.05, 0.1) is 16.6 Å². The van der Waals surface area contributed by atoms with Crippen molar-refractivity contribution in [1.82, 2.24) is 9.88 Å². The molecule has 2 aromatic carbocycles. The summed E-state index contributed by atoms with van der Waals surface area (Å²) in [6.45, 7) is 0. The largest absolute Gasteiger partial charge is 0.545 e. The van der Waals surface area contributed by atoms with E-state index in [-0.39, 0.29) is 17.3 Å². The summed E-state index contributed by atoms with van der Waals surface area (Å²) in [4.78, 5) is 28.0. The number of halogens is 1. The number of carbonyl (C=O) groups is 2. The minimum Gasteiger partial charge on any atom is -0.545 e. The Bertz CT molecular complexity index is 1150. The Labute approximate surface area is 169 Å². The molecular weight excluding hydrogens is 393 g/mol. The van der Waals surface area contributed by atoms with Gasteiger partial charge in [0.15, 0.2) is 5.17 Å². The van der Waals surface area contributed by atoms with Crippen molar-refractivity contribution in [3.63, 3.8) is 0 Å². The van der Waals surface area contributed by atoms with E-state index in [1.807, 2.05) is 22.9 Å². The van der Waals surface area contributed by atoms with Gasteiger partial charge in [0, 0.05) is 17.6 Å². The van der Waals surface area contributed by atoms with Gasteiger partial charge in [-0.05, 0) is 71.9 Å². The third-order valence-electron chi connectivity index (χ3n) is 4.15. The summed E-state index contributed by atoms with van der Waals surface area (Å²) in [6, 6.07) is 15.6. The smallest absolute Gasteiger partial charge is 0.264 e. The van der Waals surface area contributed by atoms with Crippen molar-refractivity contribution in [2.45, 2.75) is 0 Å². The molecule has 6 nitrogen and oxygen atoms in total. The molecule has 0 unspecified atom stereocenters. The van der Waals surface area contributed by atoms with Crippen LogP contribution in [0.2, 0.25) is 0 Å². The molecule has 0 saturated carbocycles. The quantitative estimate of drug-likeness (QED) is 0.675. The van der Waals surface area contributed by atoms with Crippen LogP contribution in [0, 0.1) is 5.82 Å². The lowest BCUT2D eigenvalue weighted by Crippen LogP contribution is -2.22. The second kappa shape index (κ2) is 7.76. The molecular formula is C21H13FN3O3S-. The fourth-order valence-corrected chi connectivity index (χ4v) is 3.58. The molecule has 0 radical (unpaired) electrons. The number of carboxylic acids is 1. The van der Waals surface area contributed by atoms with Crippen LogP contribution in [0.15, 0.2) is 76.8 Å². The predicted molar refractivity (Wildman–Crippen MR) is 107 cm³/mol. The molecule has 0 atom stereocenters. The Morgan fingerprint density at radius 1 is 1.10 bits per heavy atom. The molecule has 0 spiro atoms. The molecule has 1 aromatic heterocycles. The van der Waals surface area contributed by atoms with Gasteiger partial charge in [0.2, 0.25) is 0 Å². The van der Waals surface area contributed by atoms with E-state index in [1.54, 1.807) is 18.2 Å². The maximum Gasteiger partial charge on any atom is 0.264 e. The van der Waals surface area contributed by atoms with E-state index in [4.69, 9.17) is 0 Å². The molecule has 1 aliphatic heterocycles. The minimum atomic E-state index is -1.24. The zero-order chi connectivity index (χ0) is 20.4. The van der Waals surface area contributed by atoms with Crippen LogP contribution in [0.4, 0.5) is 10.1 Å². The SMILES string of the molecule is O=C1NC(=Nc2ccc(F)cc2)S/C1=C\c1cccn1-c1ccc(C(=O)[O-])cc1. The number of carboxylic acid groups (broad SMARTS) is 1. The van der Waals surface area contributed by atoms with Crippen molar-refractivity contribution in [3.05, 3.63) is 88.8 Å². The van der Waals surface area contributed by atoms with Gasteiger partial charge in [-0.1, -0.05) is 12.1 Å². The van der Waals surface area contributed by atoms with Crippen molar-refractivity contribution in [2.75, 3.05) is 0 Å². The number of thioether (sulfide) groups is 1. The van der Waals surface area contributed by atoms with Gasteiger partial charge in [0.1, 0.15) is 5.82 Å². The summed E-state index contributed by atoms with van der Waals surface area (Å²) in [6.07, 6.45) is 3.53. The average Bonchev–Trinajstić information content (AvgIpc) is 3.30. The fourth-order valence-electron chi connectivity index (χ4n) is 2.75. The molecule has 144 valence electrons. The standard InChI is InChI=1S/C21H14FN3O3S/c22-14-5-7-15(8-6-14)23-21-24-19(26)18(29-21)12-17-2-1-11-25(17)16-9-3-13(4-10-16)20(27)28/h1-12H,(H,27,28)(H,23,24,26)/p-1/b18-12-. The molecule has 3 aromatic rings. The number of rotatable bonds is 4. The summed E-state index contributed by atoms with van der Waals surface area (Å²) in [5.74, 6) is -1.87. The predicted octanol–water partition coefficient (Wildman–Crippen LogP) is 2.87. The van der Waals surface area contributed by atoms with Gasteiger partial charge >= 0.3 is 0 Å². The van der Waals surface area contributed by atoms with Gasteiger partial charge in [-0.15, -0.1) is 0 Å². The topological polar surface area (TPSA) is 86.5 Å². The molecule has 29 heavy (non-hydrogen) atoms. The zero-order valence-corrected chi connectivity index (χ0v) is 15.7. The summed E-state index contributed by atoms with van der Waals surface area (Å²) in [5, 5.41) is 14.0. The highest BCUT2D eigenvalue weighted by Crippen LogP contribution is 2.29. The number of hydrogen-bond donors (Lipinski definition) is 1. The molecule has 1 saturated heterocycles. The first-order chi connectivity index (χ1) is 14.0. The number of benzene rings is 2. The van der Waals surface area contributed by atoms with E-state index in [0.29, 0.717) is 15.8 Å². The first-order valence-electron chi connectivity index (χ1n) is 8.54. The van der Waals surface area contributed by atoms with E-state index in [2.05, 4.69) is 10.3 Å². The number of aromatic carboxylic acids is 1. The van der Waals surface area contributed by atoms with Crippen LogP contribution < -0.4 is 10.4 Å². The fraction of sp³-hybridized carbons (Fsp3) is 0. The van der Waals surface area contributed by atoms with Crippen molar-refractivity contribution in [2.24, 2.45) is 4.99 Å². The van der Waals surface area contributed by atoms with E-state index < -0.39 is 5.97 Å². The number of aromatic nitrogens is 1. The van der Waals surface area contributed by atoms with Crippen molar-refractivity contribution >= 4 is 40.6 Å². The number of amidine groups is 1. The van der Waals surface area contributed by atoms with Crippen LogP contribution in [0.1, 0.15) is 16.1 Å². The minimum absolute atomic E-state index is 0.0909. The van der Waals surface area contributed by atoms with Crippen molar-refractivity contribution in [1.29, 1.82) is 0 Å². The number of nitrogens with one attached hydrogen (secondary N) is 1. The Balaban J connectivity index is 1.59. The number of amides is 1. The van der Waals surface area contributed by atoms with Gasteiger partial charge < -0.3 is 19.8 Å². The van der Waals surface area contributed by atoms with Gasteiger partial charge in [-0.25, -0.2) is 9.38 Å². The third kappa shape index (κ3) is 4.12. The third-order valence-corrected chi connectivity index (χ3v) is 5.06. The Morgan fingerprint density at radius 2 is 1.83 bits per heavy atom. The Kier molecular flexibility index (Phi) is 5.01. The van der Waals surface area contributed by atoms with Gasteiger partial charge in [-0.2, -0.15) is 0 Å². The first kappa shape index (κ1) is 18.7. The molecule has 0 bridgehead atoms. The second-order valence-electron chi connectivity index (χ2n) is 6.10. The maximum absolute atomic E-state index is 13.0. The van der Waals surface area contributed by atoms with E-state index in [0.717, 1.165) is 11.4 Å². The van der Waals surface area contributed by atoms with Crippen LogP contribution in [0.5, 0.6) is 0 Å². The highest BCUT2D eigenvalue weighted by Gasteiger charge is 2.24. The molecule has 2 heterocycles. The van der Waals surface area contributed by atoms with Crippen LogP contribution in [-0.2, 0) is 4.79 Å². The van der Waals surface area contributed by atoms with E-state index >= 15 is 0 Å². The molecule has 1 N–H and O–H groups in total. The summed E-state index contributed by atoms with van der Waals surface area (Å²) in [5.41, 5.74) is 2.11. The summed E-state index contributed by atoms with van der Waals surface area (Å²) < 4.78 is 14.8. The number of hydrogen-bond acceptors (Lipinski definition) is 5. The second-order valence-corrected chi connectivity index (χ2v) is 7.13. The number of carbonyl (C=O) groups excluding carboxylic acids is 2. The van der Waals surface area contributed by atoms with Crippen LogP contribution >= 0.6 is 11.8 Å². The van der Waals surface area contributed by atoms with Crippen molar-refractivity contribution < 1.29 is 19.1 Å². The molecule has 0 aliphatic carbocycles. The van der Waals surface area contributed by atoms with Crippen LogP contribution in [0.25, 0.3) is 11.8 Å². The van der Waals surface area contributed by atoms with E-state index in [9.17, 15) is 19.1 Å². The maximum atomic E-state index is 13.0. The summed E-state index contributed by atoms with van der Waals surface area (Å²) >= 11 is 1.18. The molecule has 1 aliphatic rings. The van der Waals surface area contributed by atoms with Crippen LogP contribution in [0.3, 0.4) is 0 Å².